The van der Waals surface area contributed by atoms with E-state index in [-0.39, 0.29) is 23.6 Å². The Morgan fingerprint density at radius 1 is 1.03 bits per heavy atom. The van der Waals surface area contributed by atoms with E-state index in [4.69, 9.17) is 5.11 Å². The van der Waals surface area contributed by atoms with Crippen LogP contribution in [-0.4, -0.2) is 29.9 Å². The second-order valence-corrected chi connectivity index (χ2v) is 10.6. The van der Waals surface area contributed by atoms with Gasteiger partial charge in [-0.3, -0.25) is 9.79 Å². The number of carbonyl (C=O) groups is 1. The molecule has 0 bridgehead atoms. The molecule has 2 aromatic carbocycles. The first kappa shape index (κ1) is 24.8. The Morgan fingerprint density at radius 2 is 1.75 bits per heavy atom. The van der Waals surface area contributed by atoms with E-state index >= 15 is 4.39 Å². The van der Waals surface area contributed by atoms with Crippen LogP contribution in [0.4, 0.5) is 28.9 Å². The fourth-order valence-electron chi connectivity index (χ4n) is 6.14. The van der Waals surface area contributed by atoms with Crippen LogP contribution in [0, 0.1) is 17.2 Å². The molecule has 1 saturated carbocycles. The summed E-state index contributed by atoms with van der Waals surface area (Å²) in [5, 5.41) is 9.05. The summed E-state index contributed by atoms with van der Waals surface area (Å²) in [7, 11) is 0. The highest BCUT2D eigenvalue weighted by molar-refractivity contribution is 6.03. The van der Waals surface area contributed by atoms with E-state index in [0.29, 0.717) is 35.4 Å². The average Bonchev–Trinajstić information content (AvgIpc) is 2.84. The van der Waals surface area contributed by atoms with Crippen molar-refractivity contribution < 1.29 is 27.5 Å². The largest absolute Gasteiger partial charge is 0.481 e. The molecule has 0 unspecified atom stereocenters. The van der Waals surface area contributed by atoms with Gasteiger partial charge in [0.2, 0.25) is 0 Å². The van der Waals surface area contributed by atoms with Crippen LogP contribution in [0.15, 0.2) is 41.4 Å². The van der Waals surface area contributed by atoms with Gasteiger partial charge in [0, 0.05) is 30.8 Å². The van der Waals surface area contributed by atoms with E-state index in [1.165, 1.54) is 6.07 Å². The number of carboxylic acid groups (broad SMARTS) is 1. The Balaban J connectivity index is 1.24. The average molecular weight is 503 g/mol. The van der Waals surface area contributed by atoms with Gasteiger partial charge in [-0.1, -0.05) is 0 Å². The van der Waals surface area contributed by atoms with Crippen LogP contribution in [0.2, 0.25) is 0 Å². The lowest BCUT2D eigenvalue weighted by atomic mass is 9.65. The van der Waals surface area contributed by atoms with Gasteiger partial charge < -0.3 is 10.0 Å². The number of hydrogen-bond donors (Lipinski definition) is 1. The van der Waals surface area contributed by atoms with Gasteiger partial charge in [0.1, 0.15) is 5.82 Å². The number of benzene rings is 2. The predicted molar refractivity (Wildman–Crippen MR) is 130 cm³/mol. The van der Waals surface area contributed by atoms with Crippen LogP contribution in [-0.2, 0) is 17.4 Å². The summed E-state index contributed by atoms with van der Waals surface area (Å²) in [6, 6.07) is 8.71. The van der Waals surface area contributed by atoms with Crippen LogP contribution in [0.3, 0.4) is 0 Å². The molecule has 1 N–H and O–H groups in total. The summed E-state index contributed by atoms with van der Waals surface area (Å²) in [4.78, 5) is 17.7. The number of anilines is 1. The van der Waals surface area contributed by atoms with Crippen molar-refractivity contribution in [2.45, 2.75) is 64.0 Å². The minimum Gasteiger partial charge on any atom is -0.481 e. The third-order valence-corrected chi connectivity index (χ3v) is 8.38. The molecule has 36 heavy (non-hydrogen) atoms. The molecule has 0 aromatic heterocycles. The Kier molecular flexibility index (Phi) is 6.55. The lowest BCUT2D eigenvalue weighted by Gasteiger charge is -2.46. The van der Waals surface area contributed by atoms with E-state index < -0.39 is 17.7 Å². The monoisotopic (exact) mass is 502 g/mol. The topological polar surface area (TPSA) is 52.9 Å². The van der Waals surface area contributed by atoms with Crippen molar-refractivity contribution in [2.75, 3.05) is 18.0 Å². The summed E-state index contributed by atoms with van der Waals surface area (Å²) in [5.41, 5.74) is 2.37. The SMILES string of the molecule is O=C(O)CC1CCC2(CC1)CCN(c1ccc(C3=Nc4ccc(C(F)(F)F)cc4CC3)c(F)c1)CC2. The molecule has 0 atom stereocenters. The minimum atomic E-state index is -4.39. The molecule has 192 valence electrons. The Hall–Kier alpha value is -2.90. The lowest BCUT2D eigenvalue weighted by Crippen LogP contribution is -2.42. The summed E-state index contributed by atoms with van der Waals surface area (Å²) in [6.07, 6.45) is 2.78. The number of halogens is 4. The Labute approximate surface area is 208 Å². The van der Waals surface area contributed by atoms with E-state index in [9.17, 15) is 18.0 Å². The van der Waals surface area contributed by atoms with Crippen molar-refractivity contribution in [1.82, 2.24) is 0 Å². The molecule has 1 spiro atoms. The fraction of sp³-hybridized carbons (Fsp3) is 0.500. The number of carboxylic acids is 1. The maximum Gasteiger partial charge on any atom is 0.416 e. The zero-order valence-electron chi connectivity index (χ0n) is 20.1. The lowest BCUT2D eigenvalue weighted by molar-refractivity contribution is -0.139. The van der Waals surface area contributed by atoms with E-state index in [1.807, 2.05) is 6.07 Å². The van der Waals surface area contributed by atoms with Gasteiger partial charge in [-0.15, -0.1) is 0 Å². The highest BCUT2D eigenvalue weighted by atomic mass is 19.4. The maximum atomic E-state index is 15.2. The zero-order chi connectivity index (χ0) is 25.5. The fourth-order valence-corrected chi connectivity index (χ4v) is 6.14. The van der Waals surface area contributed by atoms with Crippen LogP contribution >= 0.6 is 0 Å². The molecule has 1 saturated heterocycles. The molecule has 8 heteroatoms. The second-order valence-electron chi connectivity index (χ2n) is 10.6. The molecule has 4 nitrogen and oxygen atoms in total. The number of aryl methyl sites for hydroxylation is 1. The first-order valence-corrected chi connectivity index (χ1v) is 12.7. The van der Waals surface area contributed by atoms with Crippen molar-refractivity contribution in [2.24, 2.45) is 16.3 Å². The van der Waals surface area contributed by atoms with Crippen molar-refractivity contribution in [3.8, 4) is 0 Å². The third kappa shape index (κ3) is 5.13. The number of piperidine rings is 1. The molecule has 2 aliphatic heterocycles. The number of rotatable bonds is 4. The Bertz CT molecular complexity index is 1170. The summed E-state index contributed by atoms with van der Waals surface area (Å²) in [5.74, 6) is -0.791. The third-order valence-electron chi connectivity index (χ3n) is 8.38. The van der Waals surface area contributed by atoms with Crippen LogP contribution < -0.4 is 4.90 Å². The molecule has 0 radical (unpaired) electrons. The summed E-state index contributed by atoms with van der Waals surface area (Å²) in [6.45, 7) is 1.69. The van der Waals surface area contributed by atoms with Gasteiger partial charge in [-0.05, 0) is 105 Å². The molecule has 5 rings (SSSR count). The molecular formula is C28H30F4N2O2. The molecule has 2 aromatic rings. The number of fused-ring (bicyclic) bond motifs is 1. The van der Waals surface area contributed by atoms with Gasteiger partial charge in [0.05, 0.1) is 17.0 Å². The van der Waals surface area contributed by atoms with E-state index in [2.05, 4.69) is 9.89 Å². The maximum absolute atomic E-state index is 15.2. The first-order valence-electron chi connectivity index (χ1n) is 12.7. The first-order chi connectivity index (χ1) is 17.1. The Morgan fingerprint density at radius 3 is 2.39 bits per heavy atom. The van der Waals surface area contributed by atoms with Gasteiger partial charge >= 0.3 is 12.1 Å². The molecule has 0 amide bonds. The smallest absolute Gasteiger partial charge is 0.416 e. The number of hydrogen-bond acceptors (Lipinski definition) is 3. The summed E-state index contributed by atoms with van der Waals surface area (Å²) >= 11 is 0. The van der Waals surface area contributed by atoms with E-state index in [0.717, 1.165) is 69.4 Å². The van der Waals surface area contributed by atoms with Crippen LogP contribution in [0.1, 0.15) is 68.1 Å². The van der Waals surface area contributed by atoms with Gasteiger partial charge in [0.25, 0.3) is 0 Å². The molecular weight excluding hydrogens is 472 g/mol. The van der Waals surface area contributed by atoms with Crippen molar-refractivity contribution in [3.05, 3.63) is 58.9 Å². The standard InChI is InChI=1S/C28H30F4N2O2/c29-23-17-21(34-13-11-27(12-14-34)9-7-18(8-10-27)15-26(35)36)3-4-22(23)25-5-1-19-16-20(28(30,31)32)2-6-24(19)33-25/h2-4,6,16-18H,1,5,7-15H2,(H,35,36). The normalized spacial score (nSPS) is 20.2. The van der Waals surface area contributed by atoms with Crippen molar-refractivity contribution >= 4 is 23.1 Å². The number of aliphatic carboxylic acids is 1. The number of nitrogens with zero attached hydrogens (tertiary/aromatic N) is 2. The van der Waals surface area contributed by atoms with E-state index in [1.54, 1.807) is 12.1 Å². The number of alkyl halides is 3. The molecule has 2 fully saturated rings. The quantitative estimate of drug-likeness (QED) is 0.451. The molecule has 1 aliphatic carbocycles. The molecule has 2 heterocycles. The molecule has 3 aliphatic rings. The van der Waals surface area contributed by atoms with Gasteiger partial charge in [0.15, 0.2) is 0 Å². The predicted octanol–water partition coefficient (Wildman–Crippen LogP) is 7.16. The van der Waals surface area contributed by atoms with Crippen molar-refractivity contribution in [1.29, 1.82) is 0 Å². The van der Waals surface area contributed by atoms with Crippen LogP contribution in [0.25, 0.3) is 0 Å². The highest BCUT2D eigenvalue weighted by Gasteiger charge is 2.38. The second kappa shape index (κ2) is 9.52. The van der Waals surface area contributed by atoms with Gasteiger partial charge in [-0.25, -0.2) is 4.39 Å². The van der Waals surface area contributed by atoms with Gasteiger partial charge in [-0.2, -0.15) is 13.2 Å². The van der Waals surface area contributed by atoms with Crippen molar-refractivity contribution in [3.63, 3.8) is 0 Å². The zero-order valence-corrected chi connectivity index (χ0v) is 20.1. The minimum absolute atomic E-state index is 0.263. The number of aliphatic imine (C=N–C) groups is 1. The highest BCUT2D eigenvalue weighted by Crippen LogP contribution is 2.47. The summed E-state index contributed by atoms with van der Waals surface area (Å²) < 4.78 is 54.2. The van der Waals surface area contributed by atoms with Crippen LogP contribution in [0.5, 0.6) is 0 Å².